The van der Waals surface area contributed by atoms with E-state index in [4.69, 9.17) is 14.2 Å². The largest absolute Gasteiger partial charge is 0.465 e. The second-order valence-electron chi connectivity index (χ2n) is 6.35. The molecule has 0 aliphatic heterocycles. The maximum absolute atomic E-state index is 12.0. The van der Waals surface area contributed by atoms with Crippen LogP contribution in [0.3, 0.4) is 0 Å². The molecule has 0 aliphatic rings. The molecule has 0 saturated carbocycles. The zero-order valence-corrected chi connectivity index (χ0v) is 17.4. The Hall–Kier alpha value is -3.68. The van der Waals surface area contributed by atoms with Gasteiger partial charge in [-0.05, 0) is 68.3 Å². The molecule has 164 valence electrons. The Morgan fingerprint density at radius 1 is 0.581 bits per heavy atom. The van der Waals surface area contributed by atoms with Gasteiger partial charge in [0.15, 0.2) is 0 Å². The van der Waals surface area contributed by atoms with Crippen molar-refractivity contribution in [1.29, 1.82) is 0 Å². The van der Waals surface area contributed by atoms with E-state index in [1.54, 1.807) is 6.92 Å². The molecule has 31 heavy (non-hydrogen) atoms. The van der Waals surface area contributed by atoms with Crippen LogP contribution in [0.15, 0.2) is 48.5 Å². The second-order valence-corrected chi connectivity index (χ2v) is 6.35. The fourth-order valence-corrected chi connectivity index (χ4v) is 2.52. The summed E-state index contributed by atoms with van der Waals surface area (Å²) in [6.45, 7) is 2.33. The summed E-state index contributed by atoms with van der Waals surface area (Å²) in [6, 6.07) is 12.0. The maximum atomic E-state index is 12.0. The number of methoxy groups -OCH3 is 1. The molecular weight excluding hydrogens is 404 g/mol. The molecule has 0 radical (unpaired) electrons. The fourth-order valence-electron chi connectivity index (χ4n) is 2.52. The molecule has 8 heteroatoms. The number of carbonyl (C=O) groups is 4. The third kappa shape index (κ3) is 7.26. The van der Waals surface area contributed by atoms with E-state index >= 15 is 0 Å². The van der Waals surface area contributed by atoms with Gasteiger partial charge in [-0.15, -0.1) is 0 Å². The summed E-state index contributed by atoms with van der Waals surface area (Å²) in [5.41, 5.74) is 1.36. The first kappa shape index (κ1) is 23.6. The first-order valence-electron chi connectivity index (χ1n) is 9.76. The number of carbonyl (C=O) groups excluding carboxylic acids is 4. The van der Waals surface area contributed by atoms with Gasteiger partial charge < -0.3 is 18.9 Å². The summed E-state index contributed by atoms with van der Waals surface area (Å²) >= 11 is 0. The molecule has 0 N–H and O–H groups in total. The minimum Gasteiger partial charge on any atom is -0.465 e. The second kappa shape index (κ2) is 12.1. The van der Waals surface area contributed by atoms with Crippen LogP contribution < -0.4 is 0 Å². The zero-order chi connectivity index (χ0) is 22.6. The molecule has 0 amide bonds. The zero-order valence-electron chi connectivity index (χ0n) is 17.4. The van der Waals surface area contributed by atoms with Crippen molar-refractivity contribution < 1.29 is 38.1 Å². The predicted octanol–water partition coefficient (Wildman–Crippen LogP) is 3.44. The quantitative estimate of drug-likeness (QED) is 0.322. The molecule has 0 saturated heterocycles. The summed E-state index contributed by atoms with van der Waals surface area (Å²) in [5, 5.41) is 0. The smallest absolute Gasteiger partial charge is 0.338 e. The predicted molar refractivity (Wildman–Crippen MR) is 110 cm³/mol. The Kier molecular flexibility index (Phi) is 9.22. The Morgan fingerprint density at radius 2 is 0.903 bits per heavy atom. The highest BCUT2D eigenvalue weighted by molar-refractivity contribution is 5.94. The van der Waals surface area contributed by atoms with E-state index in [1.165, 1.54) is 55.6 Å². The minimum atomic E-state index is -0.505. The van der Waals surface area contributed by atoms with Crippen molar-refractivity contribution in [1.82, 2.24) is 0 Å². The number of unbranched alkanes of at least 4 members (excludes halogenated alkanes) is 1. The van der Waals surface area contributed by atoms with Crippen molar-refractivity contribution in [3.63, 3.8) is 0 Å². The molecule has 0 atom stereocenters. The van der Waals surface area contributed by atoms with Crippen LogP contribution in [0.25, 0.3) is 0 Å². The van der Waals surface area contributed by atoms with E-state index in [0.717, 1.165) is 0 Å². The maximum Gasteiger partial charge on any atom is 0.338 e. The molecule has 0 fully saturated rings. The van der Waals surface area contributed by atoms with E-state index in [0.29, 0.717) is 35.1 Å². The Labute approximate surface area is 180 Å². The molecule has 2 aromatic rings. The van der Waals surface area contributed by atoms with Crippen LogP contribution in [0.2, 0.25) is 0 Å². The first-order valence-corrected chi connectivity index (χ1v) is 9.76. The van der Waals surface area contributed by atoms with Crippen LogP contribution in [0.1, 0.15) is 61.2 Å². The molecule has 0 spiro atoms. The van der Waals surface area contributed by atoms with Crippen LogP contribution in [-0.4, -0.2) is 50.8 Å². The average Bonchev–Trinajstić information content (AvgIpc) is 2.80. The van der Waals surface area contributed by atoms with Crippen LogP contribution in [0.5, 0.6) is 0 Å². The van der Waals surface area contributed by atoms with Gasteiger partial charge in [0.1, 0.15) is 0 Å². The summed E-state index contributed by atoms with van der Waals surface area (Å²) in [7, 11) is 1.28. The lowest BCUT2D eigenvalue weighted by atomic mass is 10.1. The van der Waals surface area contributed by atoms with E-state index in [9.17, 15) is 19.2 Å². The van der Waals surface area contributed by atoms with Gasteiger partial charge in [-0.25, -0.2) is 19.2 Å². The van der Waals surface area contributed by atoms with Crippen molar-refractivity contribution in [2.75, 3.05) is 26.9 Å². The summed E-state index contributed by atoms with van der Waals surface area (Å²) in [5.74, 6) is -1.94. The third-order valence-electron chi connectivity index (χ3n) is 4.18. The normalized spacial score (nSPS) is 10.1. The van der Waals surface area contributed by atoms with Gasteiger partial charge in [-0.1, -0.05) is 0 Å². The van der Waals surface area contributed by atoms with Gasteiger partial charge in [-0.2, -0.15) is 0 Å². The van der Waals surface area contributed by atoms with Crippen molar-refractivity contribution in [2.24, 2.45) is 0 Å². The van der Waals surface area contributed by atoms with E-state index in [1.807, 2.05) is 0 Å². The highest BCUT2D eigenvalue weighted by Crippen LogP contribution is 2.09. The SMILES string of the molecule is CCOC(=O)c1ccc(C(=O)OCCCCOC(=O)c2ccc(C(=O)OC)cc2)cc1. The Bertz CT molecular complexity index is 900. The molecular formula is C23H24O8. The topological polar surface area (TPSA) is 105 Å². The number of benzene rings is 2. The molecule has 0 heterocycles. The van der Waals surface area contributed by atoms with Gasteiger partial charge >= 0.3 is 23.9 Å². The average molecular weight is 428 g/mol. The molecule has 0 aliphatic carbocycles. The summed E-state index contributed by atoms with van der Waals surface area (Å²) < 4.78 is 19.8. The lowest BCUT2D eigenvalue weighted by Crippen LogP contribution is -2.10. The molecule has 0 unspecified atom stereocenters. The number of hydrogen-bond donors (Lipinski definition) is 0. The fraction of sp³-hybridized carbons (Fsp3) is 0.304. The van der Waals surface area contributed by atoms with Gasteiger partial charge in [0.2, 0.25) is 0 Å². The van der Waals surface area contributed by atoms with E-state index in [2.05, 4.69) is 4.74 Å². The lowest BCUT2D eigenvalue weighted by Gasteiger charge is -2.07. The molecule has 8 nitrogen and oxygen atoms in total. The Balaban J connectivity index is 1.66. The number of ether oxygens (including phenoxy) is 4. The first-order chi connectivity index (χ1) is 15.0. The van der Waals surface area contributed by atoms with Gasteiger partial charge in [0.25, 0.3) is 0 Å². The van der Waals surface area contributed by atoms with E-state index < -0.39 is 23.9 Å². The van der Waals surface area contributed by atoms with Crippen LogP contribution >= 0.6 is 0 Å². The molecule has 0 bridgehead atoms. The molecule has 2 rings (SSSR count). The third-order valence-corrected chi connectivity index (χ3v) is 4.18. The molecule has 2 aromatic carbocycles. The van der Waals surface area contributed by atoms with Crippen LogP contribution in [-0.2, 0) is 18.9 Å². The van der Waals surface area contributed by atoms with Gasteiger partial charge in [0.05, 0.1) is 49.2 Å². The number of esters is 4. The monoisotopic (exact) mass is 428 g/mol. The number of hydrogen-bond acceptors (Lipinski definition) is 8. The van der Waals surface area contributed by atoms with Crippen molar-refractivity contribution in [3.05, 3.63) is 70.8 Å². The Morgan fingerprint density at radius 3 is 1.23 bits per heavy atom. The minimum absolute atomic E-state index is 0.170. The van der Waals surface area contributed by atoms with Crippen LogP contribution in [0.4, 0.5) is 0 Å². The van der Waals surface area contributed by atoms with Crippen molar-refractivity contribution >= 4 is 23.9 Å². The number of rotatable bonds is 10. The van der Waals surface area contributed by atoms with Gasteiger partial charge in [0, 0.05) is 0 Å². The van der Waals surface area contributed by atoms with Gasteiger partial charge in [-0.3, -0.25) is 0 Å². The van der Waals surface area contributed by atoms with E-state index in [-0.39, 0.29) is 19.8 Å². The summed E-state index contributed by atoms with van der Waals surface area (Å²) in [4.78, 5) is 47.0. The highest BCUT2D eigenvalue weighted by atomic mass is 16.5. The molecule has 0 aromatic heterocycles. The van der Waals surface area contributed by atoms with Crippen molar-refractivity contribution in [3.8, 4) is 0 Å². The highest BCUT2D eigenvalue weighted by Gasteiger charge is 2.12. The van der Waals surface area contributed by atoms with Crippen molar-refractivity contribution in [2.45, 2.75) is 19.8 Å². The standard InChI is InChI=1S/C23H24O8/c1-3-29-21(25)17-10-12-19(13-11-17)23(27)31-15-5-4-14-30-22(26)18-8-6-16(7-9-18)20(24)28-2/h6-13H,3-5,14-15H2,1-2H3. The van der Waals surface area contributed by atoms with Crippen LogP contribution in [0, 0.1) is 0 Å². The summed E-state index contributed by atoms with van der Waals surface area (Å²) in [6.07, 6.45) is 1.03. The lowest BCUT2D eigenvalue weighted by molar-refractivity contribution is 0.0432.